The SMILES string of the molecule is O=[N+]([O-])c1cc([N+](=O)[O-])c([O-])c([N+](=O)[O-])c1[O-].[Ag+].[Ag+]. The van der Waals surface area contributed by atoms with Crippen LogP contribution in [0.5, 0.6) is 11.5 Å². The molecule has 0 fully saturated rings. The van der Waals surface area contributed by atoms with Gasteiger partial charge in [-0.15, -0.1) is 0 Å². The predicted molar refractivity (Wildman–Crippen MR) is 45.3 cm³/mol. The van der Waals surface area contributed by atoms with Gasteiger partial charge in [-0.1, -0.05) is 0 Å². The Bertz CT molecular complexity index is 510. The van der Waals surface area contributed by atoms with Crippen molar-refractivity contribution >= 4 is 17.1 Å². The Hall–Kier alpha value is -1.50. The van der Waals surface area contributed by atoms with Crippen molar-refractivity contribution in [3.63, 3.8) is 0 Å². The van der Waals surface area contributed by atoms with Crippen molar-refractivity contribution in [2.75, 3.05) is 0 Å². The minimum atomic E-state index is -1.75. The fourth-order valence-corrected chi connectivity index (χ4v) is 1.04. The van der Waals surface area contributed by atoms with E-state index in [0.29, 0.717) is 0 Å². The van der Waals surface area contributed by atoms with E-state index in [2.05, 4.69) is 0 Å². The van der Waals surface area contributed by atoms with Gasteiger partial charge in [0.2, 0.25) is 0 Å². The van der Waals surface area contributed by atoms with E-state index in [1.54, 1.807) is 0 Å². The Morgan fingerprint density at radius 1 is 0.737 bits per heavy atom. The summed E-state index contributed by atoms with van der Waals surface area (Å²) in [5.74, 6) is -3.51. The van der Waals surface area contributed by atoms with E-state index in [-0.39, 0.29) is 50.8 Å². The normalized spacial score (nSPS) is 8.84. The van der Waals surface area contributed by atoms with Crippen LogP contribution < -0.4 is 10.2 Å². The Kier molecular flexibility index (Phi) is 7.49. The van der Waals surface area contributed by atoms with Crippen molar-refractivity contribution < 1.29 is 69.7 Å². The maximum atomic E-state index is 11.1. The molecule has 1 aromatic rings. The molecule has 0 aliphatic carbocycles. The van der Waals surface area contributed by atoms with Crippen LogP contribution in [0.25, 0.3) is 0 Å². The van der Waals surface area contributed by atoms with Crippen LogP contribution in [0.2, 0.25) is 0 Å². The van der Waals surface area contributed by atoms with E-state index < -0.39 is 43.3 Å². The standard InChI is InChI=1S/C6H3N3O8.2Ag/c10-5-2(7(12)13)1-3(8(14)15)6(11)4(5)9(16)17;;/h1,10-11H;;/q;2*+1/p-2. The predicted octanol–water partition coefficient (Wildman–Crippen LogP) is -0.447. The van der Waals surface area contributed by atoms with Crippen LogP contribution in [0, 0.1) is 30.3 Å². The van der Waals surface area contributed by atoms with E-state index in [1.807, 2.05) is 0 Å². The molecule has 0 saturated carbocycles. The summed E-state index contributed by atoms with van der Waals surface area (Å²) in [6.45, 7) is 0. The molecule has 0 bridgehead atoms. The van der Waals surface area contributed by atoms with Crippen molar-refractivity contribution in [2.24, 2.45) is 0 Å². The molecule has 0 aliphatic rings. The van der Waals surface area contributed by atoms with E-state index in [9.17, 15) is 40.6 Å². The Balaban J connectivity index is 0. The molecule has 0 saturated heterocycles. The third-order valence-electron chi connectivity index (χ3n) is 1.74. The summed E-state index contributed by atoms with van der Waals surface area (Å²) in [4.78, 5) is 26.9. The van der Waals surface area contributed by atoms with Crippen LogP contribution in [0.1, 0.15) is 0 Å². The molecule has 13 heteroatoms. The minimum absolute atomic E-state index is 0. The van der Waals surface area contributed by atoms with Crippen LogP contribution in [0.3, 0.4) is 0 Å². The summed E-state index contributed by atoms with van der Waals surface area (Å²) in [5.41, 5.74) is -4.48. The second kappa shape index (κ2) is 7.18. The summed E-state index contributed by atoms with van der Waals surface area (Å²) in [6.07, 6.45) is 0. The first-order chi connectivity index (χ1) is 7.77. The number of nitrogens with zero attached hydrogens (tertiary/aromatic N) is 3. The van der Waals surface area contributed by atoms with Gasteiger partial charge in [-0.2, -0.15) is 0 Å². The van der Waals surface area contributed by atoms with Crippen molar-refractivity contribution in [1.29, 1.82) is 0 Å². The van der Waals surface area contributed by atoms with Crippen LogP contribution in [-0.2, 0) is 44.8 Å². The summed E-state index contributed by atoms with van der Waals surface area (Å²) in [5, 5.41) is 53.3. The zero-order chi connectivity index (χ0) is 13.3. The van der Waals surface area contributed by atoms with Crippen molar-refractivity contribution in [1.82, 2.24) is 0 Å². The maximum absolute atomic E-state index is 11.1. The first-order valence-corrected chi connectivity index (χ1v) is 3.75. The molecule has 0 heterocycles. The molecule has 0 atom stereocenters. The topological polar surface area (TPSA) is 176 Å². The van der Waals surface area contributed by atoms with Gasteiger partial charge in [0.15, 0.2) is 0 Å². The Morgan fingerprint density at radius 3 is 1.26 bits per heavy atom. The molecule has 0 N–H and O–H groups in total. The van der Waals surface area contributed by atoms with Gasteiger partial charge in [0.25, 0.3) is 17.1 Å². The van der Waals surface area contributed by atoms with Gasteiger partial charge in [-0.3, -0.25) is 30.3 Å². The summed E-state index contributed by atoms with van der Waals surface area (Å²) in [6, 6.07) is 0.109. The molecule has 0 aliphatic heterocycles. The molecule has 1 rings (SSSR count). The van der Waals surface area contributed by atoms with Gasteiger partial charge in [0, 0.05) is 0 Å². The second-order valence-corrected chi connectivity index (χ2v) is 2.69. The second-order valence-electron chi connectivity index (χ2n) is 2.69. The van der Waals surface area contributed by atoms with Gasteiger partial charge in [0.05, 0.1) is 32.3 Å². The molecule has 0 aromatic heterocycles. The molecule has 19 heavy (non-hydrogen) atoms. The largest absolute Gasteiger partial charge is 1.00 e. The number of hydrogen-bond acceptors (Lipinski definition) is 8. The van der Waals surface area contributed by atoms with Crippen molar-refractivity contribution in [3.05, 3.63) is 36.4 Å². The third-order valence-corrected chi connectivity index (χ3v) is 1.74. The third kappa shape index (κ3) is 3.73. The summed E-state index contributed by atoms with van der Waals surface area (Å²) >= 11 is 0. The molecular formula is C6HAg2N3O8. The monoisotopic (exact) mass is 457 g/mol. The first kappa shape index (κ1) is 19.8. The molecule has 110 valence electrons. The molecule has 11 nitrogen and oxygen atoms in total. The molecular weight excluding hydrogens is 458 g/mol. The van der Waals surface area contributed by atoms with Gasteiger partial charge < -0.3 is 10.2 Å². The van der Waals surface area contributed by atoms with E-state index in [1.165, 1.54) is 0 Å². The fourth-order valence-electron chi connectivity index (χ4n) is 1.04. The average Bonchev–Trinajstić information content (AvgIpc) is 2.15. The zero-order valence-corrected chi connectivity index (χ0v) is 11.3. The Morgan fingerprint density at radius 2 is 1.05 bits per heavy atom. The summed E-state index contributed by atoms with van der Waals surface area (Å²) in [7, 11) is 0. The van der Waals surface area contributed by atoms with Crippen LogP contribution >= 0.6 is 0 Å². The molecule has 0 spiro atoms. The smallest absolute Gasteiger partial charge is 0.863 e. The molecule has 0 amide bonds. The number of nitro groups is 3. The van der Waals surface area contributed by atoms with Crippen LogP contribution in [0.4, 0.5) is 17.1 Å². The average molecular weight is 459 g/mol. The molecule has 1 aromatic carbocycles. The maximum Gasteiger partial charge on any atom is 1.00 e. The van der Waals surface area contributed by atoms with Gasteiger partial charge in [-0.25, -0.2) is 0 Å². The fraction of sp³-hybridized carbons (Fsp3) is 0. The zero-order valence-electron chi connectivity index (χ0n) is 8.29. The van der Waals surface area contributed by atoms with Gasteiger partial charge >= 0.3 is 44.8 Å². The minimum Gasteiger partial charge on any atom is -0.863 e. The van der Waals surface area contributed by atoms with Gasteiger partial charge in [-0.05, 0) is 0 Å². The molecule has 0 radical (unpaired) electrons. The number of nitro benzene ring substituents is 3. The van der Waals surface area contributed by atoms with E-state index in [0.717, 1.165) is 0 Å². The van der Waals surface area contributed by atoms with Crippen LogP contribution in [-0.4, -0.2) is 14.8 Å². The van der Waals surface area contributed by atoms with E-state index >= 15 is 0 Å². The van der Waals surface area contributed by atoms with Crippen LogP contribution in [0.15, 0.2) is 6.07 Å². The number of hydrogen-bond donors (Lipinski definition) is 0. The van der Waals surface area contributed by atoms with Gasteiger partial charge in [0.1, 0.15) is 0 Å². The quantitative estimate of drug-likeness (QED) is 0.332. The number of benzene rings is 1. The molecule has 0 unspecified atom stereocenters. The van der Waals surface area contributed by atoms with Crippen molar-refractivity contribution in [3.8, 4) is 11.5 Å². The first-order valence-electron chi connectivity index (χ1n) is 3.75. The summed E-state index contributed by atoms with van der Waals surface area (Å²) < 4.78 is 0. The van der Waals surface area contributed by atoms with E-state index in [4.69, 9.17) is 0 Å². The Labute approximate surface area is 134 Å². The number of rotatable bonds is 3. The van der Waals surface area contributed by atoms with Crippen molar-refractivity contribution in [2.45, 2.75) is 0 Å².